The average molecular weight is 377 g/mol. The van der Waals surface area contributed by atoms with Crippen molar-refractivity contribution in [3.63, 3.8) is 0 Å². The third-order valence-electron chi connectivity index (χ3n) is 6.95. The molecule has 2 heterocycles. The van der Waals surface area contributed by atoms with Gasteiger partial charge < -0.3 is 4.74 Å². The summed E-state index contributed by atoms with van der Waals surface area (Å²) >= 11 is 0. The molecular formula is C20H28N2O3S. The normalized spacial score (nSPS) is 29.8. The van der Waals surface area contributed by atoms with Crippen molar-refractivity contribution in [3.05, 3.63) is 35.4 Å². The summed E-state index contributed by atoms with van der Waals surface area (Å²) < 4.78 is 32.6. The van der Waals surface area contributed by atoms with Crippen molar-refractivity contribution >= 4 is 10.0 Å². The largest absolute Gasteiger partial charge is 0.379 e. The Morgan fingerprint density at radius 1 is 1.00 bits per heavy atom. The van der Waals surface area contributed by atoms with Crippen molar-refractivity contribution in [2.75, 3.05) is 39.4 Å². The zero-order valence-corrected chi connectivity index (χ0v) is 16.1. The molecule has 0 aromatic heterocycles. The highest BCUT2D eigenvalue weighted by atomic mass is 32.2. The molecule has 2 aliphatic heterocycles. The van der Waals surface area contributed by atoms with Crippen LogP contribution >= 0.6 is 0 Å². The van der Waals surface area contributed by atoms with Crippen LogP contribution in [0.5, 0.6) is 0 Å². The zero-order valence-electron chi connectivity index (χ0n) is 15.3. The second-order valence-electron chi connectivity index (χ2n) is 8.38. The highest BCUT2D eigenvalue weighted by molar-refractivity contribution is 7.90. The zero-order chi connectivity index (χ0) is 17.8. The van der Waals surface area contributed by atoms with E-state index in [2.05, 4.69) is 29.2 Å². The number of sulfonamides is 1. The van der Waals surface area contributed by atoms with E-state index < -0.39 is 10.0 Å². The van der Waals surface area contributed by atoms with E-state index in [4.69, 9.17) is 4.74 Å². The van der Waals surface area contributed by atoms with Gasteiger partial charge in [0.1, 0.15) is 0 Å². The number of morpholine rings is 1. The Kier molecular flexibility index (Phi) is 4.16. The first kappa shape index (κ1) is 17.2. The predicted octanol–water partition coefficient (Wildman–Crippen LogP) is 2.29. The van der Waals surface area contributed by atoms with Crippen molar-refractivity contribution < 1.29 is 13.2 Å². The maximum absolute atomic E-state index is 12.6. The molecule has 3 fully saturated rings. The molecule has 1 aromatic rings. The van der Waals surface area contributed by atoms with Gasteiger partial charge in [0.05, 0.1) is 18.5 Å². The quantitative estimate of drug-likeness (QED) is 0.812. The third kappa shape index (κ3) is 2.73. The Morgan fingerprint density at radius 3 is 2.38 bits per heavy atom. The fourth-order valence-electron chi connectivity index (χ4n) is 5.29. The van der Waals surface area contributed by atoms with E-state index in [1.165, 1.54) is 11.1 Å². The van der Waals surface area contributed by atoms with E-state index in [1.54, 1.807) is 4.31 Å². The maximum atomic E-state index is 12.6. The van der Waals surface area contributed by atoms with Crippen LogP contribution < -0.4 is 0 Å². The standard InChI is InChI=1S/C20H28N2O3S/c23-26(24,16-5-6-16)22-9-7-20(8-10-22)15-19(21-11-13-25-14-12-21)17-3-1-2-4-18(17)20/h1-4,16,19H,5-15H2. The van der Waals surface area contributed by atoms with Crippen LogP contribution in [-0.4, -0.2) is 62.3 Å². The number of hydrogen-bond donors (Lipinski definition) is 0. The molecule has 0 bridgehead atoms. The van der Waals surface area contributed by atoms with Gasteiger partial charge in [-0.15, -0.1) is 0 Å². The van der Waals surface area contributed by atoms with Crippen molar-refractivity contribution in [3.8, 4) is 0 Å². The molecule has 1 atom stereocenters. The Morgan fingerprint density at radius 2 is 1.69 bits per heavy atom. The molecule has 1 saturated carbocycles. The molecule has 5 rings (SSSR count). The van der Waals surface area contributed by atoms with Crippen molar-refractivity contribution in [2.45, 2.75) is 48.8 Å². The number of ether oxygens (including phenoxy) is 1. The van der Waals surface area contributed by atoms with E-state index in [0.717, 1.165) is 58.4 Å². The van der Waals surface area contributed by atoms with Crippen molar-refractivity contribution in [2.24, 2.45) is 0 Å². The van der Waals surface area contributed by atoms with Gasteiger partial charge in [-0.05, 0) is 48.6 Å². The van der Waals surface area contributed by atoms with Crippen LogP contribution in [0.4, 0.5) is 0 Å². The van der Waals surface area contributed by atoms with Gasteiger partial charge in [0.2, 0.25) is 10.0 Å². The summed E-state index contributed by atoms with van der Waals surface area (Å²) in [6, 6.07) is 9.34. The predicted molar refractivity (Wildman–Crippen MR) is 101 cm³/mol. The lowest BCUT2D eigenvalue weighted by atomic mass is 9.74. The summed E-state index contributed by atoms with van der Waals surface area (Å²) in [6.45, 7) is 5.00. The molecule has 0 radical (unpaired) electrons. The van der Waals surface area contributed by atoms with Crippen LogP contribution in [0.1, 0.15) is 49.3 Å². The van der Waals surface area contributed by atoms with Gasteiger partial charge in [0.25, 0.3) is 0 Å². The fraction of sp³-hybridized carbons (Fsp3) is 0.700. The highest BCUT2D eigenvalue weighted by Crippen LogP contribution is 2.53. The Bertz CT molecular complexity index is 776. The van der Waals surface area contributed by atoms with Gasteiger partial charge in [-0.25, -0.2) is 12.7 Å². The van der Waals surface area contributed by atoms with Crippen LogP contribution in [0, 0.1) is 0 Å². The first-order chi connectivity index (χ1) is 12.6. The van der Waals surface area contributed by atoms with Gasteiger partial charge in [0, 0.05) is 32.2 Å². The number of benzene rings is 1. The van der Waals surface area contributed by atoms with Gasteiger partial charge in [0.15, 0.2) is 0 Å². The number of nitrogens with zero attached hydrogens (tertiary/aromatic N) is 2. The third-order valence-corrected chi connectivity index (χ3v) is 9.35. The summed E-state index contributed by atoms with van der Waals surface area (Å²) in [7, 11) is -3.04. The van der Waals surface area contributed by atoms with Crippen LogP contribution in [0.2, 0.25) is 0 Å². The Balaban J connectivity index is 1.39. The SMILES string of the molecule is O=S(=O)(C1CC1)N1CCC2(CC1)CC(N1CCOCC1)c1ccccc12. The number of fused-ring (bicyclic) bond motifs is 2. The van der Waals surface area contributed by atoms with E-state index >= 15 is 0 Å². The van der Waals surface area contributed by atoms with E-state index in [0.29, 0.717) is 19.1 Å². The first-order valence-electron chi connectivity index (χ1n) is 10.0. The number of hydrogen-bond acceptors (Lipinski definition) is 4. The lowest BCUT2D eigenvalue weighted by Gasteiger charge is -2.40. The molecule has 1 unspecified atom stereocenters. The molecule has 0 N–H and O–H groups in total. The fourth-order valence-corrected chi connectivity index (χ4v) is 7.14. The van der Waals surface area contributed by atoms with Crippen molar-refractivity contribution in [1.82, 2.24) is 9.21 Å². The van der Waals surface area contributed by atoms with E-state index in [9.17, 15) is 8.42 Å². The Labute approximate surface area is 156 Å². The summed E-state index contributed by atoms with van der Waals surface area (Å²) in [5.74, 6) is 0. The second-order valence-corrected chi connectivity index (χ2v) is 10.6. The number of rotatable bonds is 3. The average Bonchev–Trinajstić information content (AvgIpc) is 3.49. The Hall–Kier alpha value is -0.950. The molecular weight excluding hydrogens is 348 g/mol. The summed E-state index contributed by atoms with van der Waals surface area (Å²) in [6.07, 6.45) is 4.75. The van der Waals surface area contributed by atoms with Crippen LogP contribution in [0.15, 0.2) is 24.3 Å². The summed E-state index contributed by atoms with van der Waals surface area (Å²) in [5, 5.41) is -0.0893. The molecule has 4 aliphatic rings. The molecule has 1 aromatic carbocycles. The van der Waals surface area contributed by atoms with Crippen LogP contribution in [0.25, 0.3) is 0 Å². The molecule has 142 valence electrons. The highest BCUT2D eigenvalue weighted by Gasteiger charge is 2.49. The maximum Gasteiger partial charge on any atom is 0.216 e. The minimum Gasteiger partial charge on any atom is -0.379 e. The van der Waals surface area contributed by atoms with E-state index in [1.807, 2.05) is 0 Å². The number of piperidine rings is 1. The van der Waals surface area contributed by atoms with Gasteiger partial charge >= 0.3 is 0 Å². The lowest BCUT2D eigenvalue weighted by molar-refractivity contribution is 0.0114. The summed E-state index contributed by atoms with van der Waals surface area (Å²) in [5.41, 5.74) is 3.09. The molecule has 0 amide bonds. The monoisotopic (exact) mass is 376 g/mol. The molecule has 2 saturated heterocycles. The first-order valence-corrected chi connectivity index (χ1v) is 11.5. The second kappa shape index (κ2) is 6.30. The molecule has 26 heavy (non-hydrogen) atoms. The van der Waals surface area contributed by atoms with Crippen LogP contribution in [-0.2, 0) is 20.2 Å². The molecule has 1 spiro atoms. The van der Waals surface area contributed by atoms with Gasteiger partial charge in [-0.3, -0.25) is 4.90 Å². The van der Waals surface area contributed by atoms with E-state index in [-0.39, 0.29) is 10.7 Å². The van der Waals surface area contributed by atoms with Crippen LogP contribution in [0.3, 0.4) is 0 Å². The minimum absolute atomic E-state index is 0.0893. The molecule has 2 aliphatic carbocycles. The van der Waals surface area contributed by atoms with Gasteiger partial charge in [-0.2, -0.15) is 0 Å². The lowest BCUT2D eigenvalue weighted by Crippen LogP contribution is -2.46. The molecule has 5 nitrogen and oxygen atoms in total. The summed E-state index contributed by atoms with van der Waals surface area (Å²) in [4.78, 5) is 2.57. The minimum atomic E-state index is -3.04. The van der Waals surface area contributed by atoms with Gasteiger partial charge in [-0.1, -0.05) is 24.3 Å². The topological polar surface area (TPSA) is 49.9 Å². The van der Waals surface area contributed by atoms with Crippen molar-refractivity contribution in [1.29, 1.82) is 0 Å². The smallest absolute Gasteiger partial charge is 0.216 e. The molecule has 6 heteroatoms.